The van der Waals surface area contributed by atoms with Crippen LogP contribution < -0.4 is 4.74 Å². The van der Waals surface area contributed by atoms with Crippen LogP contribution in [0, 0.1) is 11.3 Å². The molecular weight excluding hydrogens is 374 g/mol. The molecule has 2 rings (SSSR count). The third-order valence-electron chi connectivity index (χ3n) is 3.45. The van der Waals surface area contributed by atoms with Crippen molar-refractivity contribution >= 4 is 39.2 Å². The summed E-state index contributed by atoms with van der Waals surface area (Å²) in [6.07, 6.45) is 2.92. The fourth-order valence-electron chi connectivity index (χ4n) is 2.02. The van der Waals surface area contributed by atoms with Gasteiger partial charge in [0.25, 0.3) is 0 Å². The van der Waals surface area contributed by atoms with Crippen molar-refractivity contribution in [3.8, 4) is 11.8 Å². The molecule has 0 spiro atoms. The normalized spacial score (nSPS) is 12.6. The molecule has 0 aromatic heterocycles. The second-order valence-electron chi connectivity index (χ2n) is 5.18. The van der Waals surface area contributed by atoms with E-state index in [9.17, 15) is 5.26 Å². The van der Waals surface area contributed by atoms with Gasteiger partial charge in [-0.2, -0.15) is 5.26 Å². The molecule has 0 saturated carbocycles. The Kier molecular flexibility index (Phi) is 6.27. The molecule has 0 radical (unpaired) electrons. The van der Waals surface area contributed by atoms with Gasteiger partial charge in [-0.15, -0.1) is 0 Å². The van der Waals surface area contributed by atoms with Crippen LogP contribution in [0.2, 0.25) is 5.02 Å². The highest BCUT2D eigenvalue weighted by Gasteiger charge is 2.08. The van der Waals surface area contributed by atoms with Crippen LogP contribution in [0.5, 0.6) is 5.75 Å². The van der Waals surface area contributed by atoms with Gasteiger partial charge in [0.2, 0.25) is 0 Å². The van der Waals surface area contributed by atoms with E-state index in [0.717, 1.165) is 27.8 Å². The summed E-state index contributed by atoms with van der Waals surface area (Å²) in [6.45, 7) is 4.11. The second kappa shape index (κ2) is 8.19. The molecule has 0 amide bonds. The number of halogens is 2. The summed E-state index contributed by atoms with van der Waals surface area (Å²) in [5.41, 5.74) is 2.16. The molecule has 2 aromatic rings. The highest BCUT2D eigenvalue weighted by Crippen LogP contribution is 2.30. The third-order valence-corrected chi connectivity index (χ3v) is 4.40. The van der Waals surface area contributed by atoms with Gasteiger partial charge in [0.15, 0.2) is 0 Å². The maximum Gasteiger partial charge on any atom is 0.133 e. The van der Waals surface area contributed by atoms with Crippen molar-refractivity contribution in [1.29, 1.82) is 5.26 Å². The molecule has 0 aliphatic carbocycles. The SMILES string of the molecule is CCC(C)Oc1ccc(C=C(C#N)c2ccccc2Cl)cc1Br. The van der Waals surface area contributed by atoms with Gasteiger partial charge in [-0.05, 0) is 59.1 Å². The van der Waals surface area contributed by atoms with Crippen LogP contribution in [-0.4, -0.2) is 6.10 Å². The zero-order valence-corrected chi connectivity index (χ0v) is 15.4. The molecule has 1 unspecified atom stereocenters. The minimum atomic E-state index is 0.158. The van der Waals surface area contributed by atoms with E-state index < -0.39 is 0 Å². The fraction of sp³-hybridized carbons (Fsp3) is 0.211. The van der Waals surface area contributed by atoms with E-state index in [4.69, 9.17) is 16.3 Å². The molecule has 118 valence electrons. The summed E-state index contributed by atoms with van der Waals surface area (Å²) in [4.78, 5) is 0. The predicted molar refractivity (Wildman–Crippen MR) is 99.5 cm³/mol. The first-order valence-electron chi connectivity index (χ1n) is 7.38. The largest absolute Gasteiger partial charge is 0.490 e. The third kappa shape index (κ3) is 4.60. The van der Waals surface area contributed by atoms with Crippen LogP contribution in [0.3, 0.4) is 0 Å². The van der Waals surface area contributed by atoms with Gasteiger partial charge in [0.05, 0.1) is 22.2 Å². The van der Waals surface area contributed by atoms with Crippen LogP contribution in [0.25, 0.3) is 11.6 Å². The second-order valence-corrected chi connectivity index (χ2v) is 6.44. The maximum atomic E-state index is 9.43. The minimum Gasteiger partial charge on any atom is -0.490 e. The standard InChI is InChI=1S/C19H17BrClNO/c1-3-13(2)23-19-9-8-14(11-17(19)20)10-15(12-22)16-6-4-5-7-18(16)21/h4-11,13H,3H2,1-2H3. The van der Waals surface area contributed by atoms with Gasteiger partial charge in [0, 0.05) is 10.6 Å². The Hall–Kier alpha value is -1.76. The average molecular weight is 391 g/mol. The lowest BCUT2D eigenvalue weighted by atomic mass is 10.0. The van der Waals surface area contributed by atoms with Gasteiger partial charge >= 0.3 is 0 Å². The number of hydrogen-bond acceptors (Lipinski definition) is 2. The van der Waals surface area contributed by atoms with E-state index in [2.05, 4.69) is 28.9 Å². The van der Waals surface area contributed by atoms with Crippen LogP contribution >= 0.6 is 27.5 Å². The molecule has 0 fully saturated rings. The predicted octanol–water partition coefficient (Wildman–Crippen LogP) is 6.34. The highest BCUT2D eigenvalue weighted by molar-refractivity contribution is 9.10. The van der Waals surface area contributed by atoms with Gasteiger partial charge in [0.1, 0.15) is 5.75 Å². The van der Waals surface area contributed by atoms with Crippen molar-refractivity contribution in [1.82, 2.24) is 0 Å². The molecule has 2 nitrogen and oxygen atoms in total. The minimum absolute atomic E-state index is 0.158. The smallest absolute Gasteiger partial charge is 0.133 e. The first-order chi connectivity index (χ1) is 11.0. The Balaban J connectivity index is 2.33. The van der Waals surface area contributed by atoms with Gasteiger partial charge in [-0.3, -0.25) is 0 Å². The molecular formula is C19H17BrClNO. The van der Waals surface area contributed by atoms with E-state index in [1.54, 1.807) is 6.07 Å². The van der Waals surface area contributed by atoms with Crippen LogP contribution in [-0.2, 0) is 0 Å². The van der Waals surface area contributed by atoms with Crippen molar-refractivity contribution in [3.05, 3.63) is 63.1 Å². The van der Waals surface area contributed by atoms with E-state index in [-0.39, 0.29) is 6.10 Å². The van der Waals surface area contributed by atoms with Crippen LogP contribution in [0.4, 0.5) is 0 Å². The number of ether oxygens (including phenoxy) is 1. The molecule has 4 heteroatoms. The Bertz CT molecular complexity index is 764. The highest BCUT2D eigenvalue weighted by atomic mass is 79.9. The van der Waals surface area contributed by atoms with Crippen molar-refractivity contribution in [2.75, 3.05) is 0 Å². The Morgan fingerprint density at radius 2 is 2.09 bits per heavy atom. The monoisotopic (exact) mass is 389 g/mol. The molecule has 2 aromatic carbocycles. The molecule has 0 saturated heterocycles. The summed E-state index contributed by atoms with van der Waals surface area (Å²) >= 11 is 9.70. The summed E-state index contributed by atoms with van der Waals surface area (Å²) in [6, 6.07) is 15.3. The Labute approximate surface area is 150 Å². The molecule has 0 N–H and O–H groups in total. The number of nitriles is 1. The van der Waals surface area contributed by atoms with Gasteiger partial charge in [-0.25, -0.2) is 0 Å². The van der Waals surface area contributed by atoms with Crippen molar-refractivity contribution < 1.29 is 4.74 Å². The number of nitrogens with zero attached hydrogens (tertiary/aromatic N) is 1. The van der Waals surface area contributed by atoms with Gasteiger partial charge < -0.3 is 4.74 Å². The molecule has 0 aliphatic rings. The molecule has 1 atom stereocenters. The molecule has 23 heavy (non-hydrogen) atoms. The lowest BCUT2D eigenvalue weighted by Gasteiger charge is -2.14. The lowest BCUT2D eigenvalue weighted by molar-refractivity contribution is 0.216. The zero-order valence-electron chi connectivity index (χ0n) is 13.0. The fourth-order valence-corrected chi connectivity index (χ4v) is 2.75. The Morgan fingerprint density at radius 3 is 2.70 bits per heavy atom. The Morgan fingerprint density at radius 1 is 1.35 bits per heavy atom. The zero-order chi connectivity index (χ0) is 16.8. The maximum absolute atomic E-state index is 9.43. The van der Waals surface area contributed by atoms with Crippen molar-refractivity contribution in [2.45, 2.75) is 26.4 Å². The summed E-state index contributed by atoms with van der Waals surface area (Å²) in [5.74, 6) is 0.799. The van der Waals surface area contributed by atoms with E-state index in [1.165, 1.54) is 0 Å². The number of hydrogen-bond donors (Lipinski definition) is 0. The van der Waals surface area contributed by atoms with Gasteiger partial charge in [-0.1, -0.05) is 42.8 Å². The topological polar surface area (TPSA) is 33.0 Å². The van der Waals surface area contributed by atoms with Crippen LogP contribution in [0.1, 0.15) is 31.4 Å². The molecule has 0 aliphatic heterocycles. The average Bonchev–Trinajstić information content (AvgIpc) is 2.55. The summed E-state index contributed by atoms with van der Waals surface area (Å²) < 4.78 is 6.69. The quantitative estimate of drug-likeness (QED) is 0.440. The molecule has 0 bridgehead atoms. The van der Waals surface area contributed by atoms with E-state index in [0.29, 0.717) is 10.6 Å². The van der Waals surface area contributed by atoms with Crippen molar-refractivity contribution in [2.24, 2.45) is 0 Å². The van der Waals surface area contributed by atoms with Crippen LogP contribution in [0.15, 0.2) is 46.9 Å². The first-order valence-corrected chi connectivity index (χ1v) is 8.55. The summed E-state index contributed by atoms with van der Waals surface area (Å²) in [7, 11) is 0. The van der Waals surface area contributed by atoms with E-state index in [1.807, 2.05) is 49.4 Å². The van der Waals surface area contributed by atoms with E-state index >= 15 is 0 Å². The van der Waals surface area contributed by atoms with Crippen molar-refractivity contribution in [3.63, 3.8) is 0 Å². The first kappa shape index (κ1) is 17.6. The number of benzene rings is 2. The molecule has 0 heterocycles. The number of rotatable bonds is 5. The summed E-state index contributed by atoms with van der Waals surface area (Å²) in [5, 5.41) is 9.99. The lowest BCUT2D eigenvalue weighted by Crippen LogP contribution is -2.09. The number of allylic oxidation sites excluding steroid dienone is 1.